The lowest BCUT2D eigenvalue weighted by Gasteiger charge is -2.27. The van der Waals surface area contributed by atoms with Gasteiger partial charge in [0, 0.05) is 31.4 Å². The van der Waals surface area contributed by atoms with Gasteiger partial charge in [-0.15, -0.1) is 5.10 Å². The van der Waals surface area contributed by atoms with Crippen LogP contribution in [0.4, 0.5) is 16.0 Å². The number of hydrogen-bond donors (Lipinski definition) is 3. The van der Waals surface area contributed by atoms with Gasteiger partial charge in [-0.1, -0.05) is 17.3 Å². The zero-order valence-electron chi connectivity index (χ0n) is 19.6. The molecule has 0 unspecified atom stereocenters. The van der Waals surface area contributed by atoms with Crippen molar-refractivity contribution in [1.82, 2.24) is 45.4 Å². The molecule has 4 heterocycles. The molecule has 1 aromatic carbocycles. The standard InChI is InChI=1S/C24H25FN10O/c1-14-6-15(2-3-16(14)7-27-23(36)21-13-35(33-32-21)18-4-5-18)22-20(25)11-28-24(31-22)30-17-8-29-34(12-17)19-9-26-10-19/h2-3,6,8,11-13,18-19,26H,4-5,7,9-10H2,1H3,(H,27,36)(H,28,30,31). The van der Waals surface area contributed by atoms with Crippen molar-refractivity contribution in [2.45, 2.75) is 38.4 Å². The summed E-state index contributed by atoms with van der Waals surface area (Å²) in [6, 6.07) is 6.20. The van der Waals surface area contributed by atoms with Gasteiger partial charge in [0.1, 0.15) is 5.69 Å². The minimum Gasteiger partial charge on any atom is -0.347 e. The summed E-state index contributed by atoms with van der Waals surface area (Å²) < 4.78 is 18.3. The molecule has 1 aliphatic carbocycles. The second-order valence-corrected chi connectivity index (χ2v) is 9.18. The Morgan fingerprint density at radius 3 is 2.78 bits per heavy atom. The third-order valence-corrected chi connectivity index (χ3v) is 6.46. The van der Waals surface area contributed by atoms with E-state index in [1.165, 1.54) is 0 Å². The first-order chi connectivity index (χ1) is 17.5. The van der Waals surface area contributed by atoms with Crippen LogP contribution >= 0.6 is 0 Å². The minimum absolute atomic E-state index is 0.193. The van der Waals surface area contributed by atoms with Crippen LogP contribution in [-0.4, -0.2) is 53.7 Å². The Hall–Kier alpha value is -4.19. The quantitative estimate of drug-likeness (QED) is 0.345. The van der Waals surface area contributed by atoms with Gasteiger partial charge in [-0.05, 0) is 37.0 Å². The average Bonchev–Trinajstić information content (AvgIpc) is 3.39. The lowest BCUT2D eigenvalue weighted by molar-refractivity contribution is 0.0945. The molecule has 1 aliphatic heterocycles. The van der Waals surface area contributed by atoms with Crippen LogP contribution in [0.15, 0.2) is 43.0 Å². The predicted molar refractivity (Wildman–Crippen MR) is 129 cm³/mol. The Kier molecular flexibility index (Phi) is 5.64. The van der Waals surface area contributed by atoms with E-state index in [-0.39, 0.29) is 17.5 Å². The topological polar surface area (TPSA) is 127 Å². The third-order valence-electron chi connectivity index (χ3n) is 6.46. The van der Waals surface area contributed by atoms with Gasteiger partial charge in [0.25, 0.3) is 5.91 Å². The van der Waals surface area contributed by atoms with Crippen LogP contribution in [0.3, 0.4) is 0 Å². The Balaban J connectivity index is 1.13. The van der Waals surface area contributed by atoms with Crippen molar-refractivity contribution in [1.29, 1.82) is 0 Å². The number of aryl methyl sites for hydroxylation is 1. The number of hydrogen-bond acceptors (Lipinski definition) is 8. The molecule has 1 saturated carbocycles. The fourth-order valence-electron chi connectivity index (χ4n) is 4.03. The summed E-state index contributed by atoms with van der Waals surface area (Å²) in [7, 11) is 0. The fraction of sp³-hybridized carbons (Fsp3) is 0.333. The Labute approximate surface area is 206 Å². The third kappa shape index (κ3) is 4.54. The highest BCUT2D eigenvalue weighted by atomic mass is 19.1. The van der Waals surface area contributed by atoms with Crippen molar-refractivity contribution < 1.29 is 9.18 Å². The fourth-order valence-corrected chi connectivity index (χ4v) is 4.03. The van der Waals surface area contributed by atoms with E-state index in [0.29, 0.717) is 29.9 Å². The first-order valence-electron chi connectivity index (χ1n) is 11.9. The largest absolute Gasteiger partial charge is 0.347 e. The molecule has 184 valence electrons. The van der Waals surface area contributed by atoms with Crippen LogP contribution in [-0.2, 0) is 6.54 Å². The summed E-state index contributed by atoms with van der Waals surface area (Å²) in [5, 5.41) is 21.5. The molecule has 11 nitrogen and oxygen atoms in total. The van der Waals surface area contributed by atoms with Crippen LogP contribution in [0.2, 0.25) is 0 Å². The highest BCUT2D eigenvalue weighted by molar-refractivity contribution is 5.91. The van der Waals surface area contributed by atoms with Gasteiger partial charge < -0.3 is 16.0 Å². The monoisotopic (exact) mass is 488 g/mol. The van der Waals surface area contributed by atoms with E-state index in [9.17, 15) is 9.18 Å². The number of carbonyl (C=O) groups excluding carboxylic acids is 1. The van der Waals surface area contributed by atoms with Gasteiger partial charge in [-0.25, -0.2) is 19.0 Å². The second-order valence-electron chi connectivity index (χ2n) is 9.18. The van der Waals surface area contributed by atoms with E-state index in [4.69, 9.17) is 0 Å². The lowest BCUT2D eigenvalue weighted by atomic mass is 10.0. The van der Waals surface area contributed by atoms with Gasteiger partial charge in [0.2, 0.25) is 5.95 Å². The number of benzene rings is 1. The Bertz CT molecular complexity index is 1420. The summed E-state index contributed by atoms with van der Waals surface area (Å²) in [5.74, 6) is -0.512. The van der Waals surface area contributed by atoms with Crippen molar-refractivity contribution in [2.75, 3.05) is 18.4 Å². The number of rotatable bonds is 8. The number of amides is 1. The molecule has 0 atom stereocenters. The highest BCUT2D eigenvalue weighted by Gasteiger charge is 2.26. The molecule has 2 fully saturated rings. The summed E-state index contributed by atoms with van der Waals surface area (Å²) in [6.45, 7) is 4.01. The summed E-state index contributed by atoms with van der Waals surface area (Å²) in [4.78, 5) is 20.9. The molecule has 6 rings (SSSR count). The van der Waals surface area contributed by atoms with Gasteiger partial charge in [-0.3, -0.25) is 9.48 Å². The summed E-state index contributed by atoms with van der Waals surface area (Å²) in [6.07, 6.45) is 8.57. The zero-order valence-corrected chi connectivity index (χ0v) is 19.6. The molecule has 0 radical (unpaired) electrons. The first kappa shape index (κ1) is 22.3. The molecular formula is C24H25FN10O. The van der Waals surface area contributed by atoms with Crippen molar-refractivity contribution in [2.24, 2.45) is 0 Å². The van der Waals surface area contributed by atoms with E-state index in [1.807, 2.05) is 29.9 Å². The summed E-state index contributed by atoms with van der Waals surface area (Å²) >= 11 is 0. The number of aromatic nitrogens is 7. The smallest absolute Gasteiger partial charge is 0.273 e. The Morgan fingerprint density at radius 1 is 1.17 bits per heavy atom. The van der Waals surface area contributed by atoms with E-state index in [2.05, 4.69) is 41.3 Å². The van der Waals surface area contributed by atoms with E-state index >= 15 is 0 Å². The number of nitrogens with one attached hydrogen (secondary N) is 3. The van der Waals surface area contributed by atoms with E-state index in [1.54, 1.807) is 23.1 Å². The van der Waals surface area contributed by atoms with Crippen molar-refractivity contribution >= 4 is 17.5 Å². The van der Waals surface area contributed by atoms with Crippen LogP contribution in [0, 0.1) is 12.7 Å². The van der Waals surface area contributed by atoms with Gasteiger partial charge in [0.15, 0.2) is 11.5 Å². The Morgan fingerprint density at radius 2 is 2.03 bits per heavy atom. The predicted octanol–water partition coefficient (Wildman–Crippen LogP) is 2.53. The van der Waals surface area contributed by atoms with Crippen LogP contribution in [0.5, 0.6) is 0 Å². The van der Waals surface area contributed by atoms with Crippen molar-refractivity contribution in [3.05, 3.63) is 65.6 Å². The van der Waals surface area contributed by atoms with Gasteiger partial charge in [-0.2, -0.15) is 5.10 Å². The SMILES string of the molecule is Cc1cc(-c2nc(Nc3cnn(C4CNC4)c3)ncc2F)ccc1CNC(=O)c1cn(C2CC2)nn1. The zero-order chi connectivity index (χ0) is 24.6. The van der Waals surface area contributed by atoms with Gasteiger partial charge >= 0.3 is 0 Å². The number of carbonyl (C=O) groups is 1. The highest BCUT2D eigenvalue weighted by Crippen LogP contribution is 2.33. The maximum absolute atomic E-state index is 14.6. The molecule has 0 spiro atoms. The van der Waals surface area contributed by atoms with Gasteiger partial charge in [0.05, 0.1) is 36.4 Å². The molecule has 12 heteroatoms. The lowest BCUT2D eigenvalue weighted by Crippen LogP contribution is -2.43. The molecule has 1 amide bonds. The maximum Gasteiger partial charge on any atom is 0.273 e. The molecule has 3 N–H and O–H groups in total. The van der Waals surface area contributed by atoms with Crippen LogP contribution < -0.4 is 16.0 Å². The molecule has 4 aromatic rings. The molecular weight excluding hydrogens is 463 g/mol. The number of anilines is 2. The maximum atomic E-state index is 14.6. The molecule has 3 aromatic heterocycles. The molecule has 2 aliphatic rings. The minimum atomic E-state index is -0.518. The van der Waals surface area contributed by atoms with Crippen molar-refractivity contribution in [3.63, 3.8) is 0 Å². The van der Waals surface area contributed by atoms with Crippen LogP contribution in [0.1, 0.15) is 46.5 Å². The van der Waals surface area contributed by atoms with E-state index < -0.39 is 5.82 Å². The molecule has 0 bridgehead atoms. The van der Waals surface area contributed by atoms with E-state index in [0.717, 1.165) is 48.9 Å². The average molecular weight is 489 g/mol. The van der Waals surface area contributed by atoms with Crippen molar-refractivity contribution in [3.8, 4) is 11.3 Å². The first-order valence-corrected chi connectivity index (χ1v) is 11.9. The normalized spacial score (nSPS) is 15.5. The number of nitrogens with zero attached hydrogens (tertiary/aromatic N) is 7. The molecule has 1 saturated heterocycles. The second kappa shape index (κ2) is 9.11. The molecule has 36 heavy (non-hydrogen) atoms. The van der Waals surface area contributed by atoms with Crippen LogP contribution in [0.25, 0.3) is 11.3 Å². The number of halogens is 1. The summed E-state index contributed by atoms with van der Waals surface area (Å²) in [5.41, 5.74) is 3.66.